The number of thiocarbonyl (C=S) groups is 1. The zero-order valence-electron chi connectivity index (χ0n) is 6.92. The molecule has 0 aromatic rings. The average Bonchev–Trinajstić information content (AvgIpc) is 2.70. The first-order valence-corrected chi connectivity index (χ1v) is 5.07. The zero-order valence-corrected chi connectivity index (χ0v) is 8.63. The van der Waals surface area contributed by atoms with Crippen LogP contribution in [0.3, 0.4) is 0 Å². The molecular formula is C8H15NS2. The van der Waals surface area contributed by atoms with Crippen LogP contribution in [0.1, 0.15) is 26.2 Å². The van der Waals surface area contributed by atoms with Crippen molar-refractivity contribution >= 4 is 29.2 Å². The van der Waals surface area contributed by atoms with Crippen molar-refractivity contribution in [2.24, 2.45) is 5.92 Å². The maximum atomic E-state index is 5.02. The quantitative estimate of drug-likeness (QED) is 0.534. The van der Waals surface area contributed by atoms with Gasteiger partial charge in [0.1, 0.15) is 4.32 Å². The van der Waals surface area contributed by atoms with Gasteiger partial charge < -0.3 is 4.90 Å². The molecule has 0 bridgehead atoms. The number of thiol groups is 1. The monoisotopic (exact) mass is 189 g/mol. The Morgan fingerprint density at radius 2 is 2.27 bits per heavy atom. The summed E-state index contributed by atoms with van der Waals surface area (Å²) >= 11 is 9.21. The highest BCUT2D eigenvalue weighted by atomic mass is 32.1. The molecule has 0 unspecified atom stereocenters. The van der Waals surface area contributed by atoms with Crippen LogP contribution in [-0.2, 0) is 0 Å². The summed E-state index contributed by atoms with van der Waals surface area (Å²) in [5, 5.41) is 0. The van der Waals surface area contributed by atoms with Crippen molar-refractivity contribution in [3.63, 3.8) is 0 Å². The predicted octanol–water partition coefficient (Wildman–Crippen LogP) is 2.32. The molecule has 11 heavy (non-hydrogen) atoms. The first-order valence-electron chi connectivity index (χ1n) is 4.22. The molecule has 0 N–H and O–H groups in total. The van der Waals surface area contributed by atoms with Gasteiger partial charge >= 0.3 is 0 Å². The minimum atomic E-state index is 0.763. The summed E-state index contributed by atoms with van der Waals surface area (Å²) in [7, 11) is 0. The van der Waals surface area contributed by atoms with Crippen molar-refractivity contribution in [3.8, 4) is 0 Å². The third-order valence-electron chi connectivity index (χ3n) is 1.94. The van der Waals surface area contributed by atoms with E-state index in [1.165, 1.54) is 12.8 Å². The Labute approximate surface area is 79.6 Å². The van der Waals surface area contributed by atoms with Crippen molar-refractivity contribution in [2.75, 3.05) is 13.1 Å². The molecule has 1 aliphatic rings. The van der Waals surface area contributed by atoms with E-state index in [0.29, 0.717) is 0 Å². The van der Waals surface area contributed by atoms with E-state index in [0.717, 1.165) is 29.7 Å². The van der Waals surface area contributed by atoms with Crippen molar-refractivity contribution in [2.45, 2.75) is 26.2 Å². The maximum Gasteiger partial charge on any atom is 0.133 e. The van der Waals surface area contributed by atoms with Crippen LogP contribution >= 0.6 is 24.8 Å². The van der Waals surface area contributed by atoms with Gasteiger partial charge in [0, 0.05) is 13.1 Å². The van der Waals surface area contributed by atoms with Crippen LogP contribution in [-0.4, -0.2) is 22.3 Å². The van der Waals surface area contributed by atoms with Gasteiger partial charge in [-0.05, 0) is 25.2 Å². The van der Waals surface area contributed by atoms with Crippen LogP contribution in [0.15, 0.2) is 0 Å². The van der Waals surface area contributed by atoms with E-state index in [9.17, 15) is 0 Å². The summed E-state index contributed by atoms with van der Waals surface area (Å²) in [6, 6.07) is 0. The third-order valence-corrected chi connectivity index (χ3v) is 2.48. The van der Waals surface area contributed by atoms with Gasteiger partial charge in [-0.25, -0.2) is 0 Å². The fraction of sp³-hybridized carbons (Fsp3) is 0.875. The van der Waals surface area contributed by atoms with E-state index in [4.69, 9.17) is 12.2 Å². The molecule has 0 saturated heterocycles. The molecule has 0 aromatic heterocycles. The lowest BCUT2D eigenvalue weighted by molar-refractivity contribution is 0.412. The van der Waals surface area contributed by atoms with Crippen LogP contribution in [0.2, 0.25) is 0 Å². The minimum Gasteiger partial charge on any atom is -0.357 e. The SMILES string of the molecule is CCCN(CC1CC1)C(=S)S. The molecule has 1 saturated carbocycles. The summed E-state index contributed by atoms with van der Waals surface area (Å²) in [5.74, 6) is 0.909. The molecule has 0 spiro atoms. The van der Waals surface area contributed by atoms with E-state index in [1.807, 2.05) is 0 Å². The Hall–Kier alpha value is 0.240. The van der Waals surface area contributed by atoms with E-state index in [2.05, 4.69) is 24.5 Å². The second-order valence-corrected chi connectivity index (χ2v) is 4.28. The topological polar surface area (TPSA) is 3.24 Å². The third kappa shape index (κ3) is 3.43. The largest absolute Gasteiger partial charge is 0.357 e. The van der Waals surface area contributed by atoms with E-state index in [1.54, 1.807) is 0 Å². The van der Waals surface area contributed by atoms with Crippen LogP contribution in [0.5, 0.6) is 0 Å². The van der Waals surface area contributed by atoms with Crippen molar-refractivity contribution < 1.29 is 0 Å². The molecule has 0 radical (unpaired) electrons. The standard InChI is InChI=1S/C8H15NS2/c1-2-5-9(8(10)11)6-7-3-4-7/h7H,2-6H2,1H3,(H,10,11). The first-order chi connectivity index (χ1) is 5.24. The first kappa shape index (κ1) is 9.33. The van der Waals surface area contributed by atoms with Crippen LogP contribution in [0.4, 0.5) is 0 Å². The van der Waals surface area contributed by atoms with E-state index >= 15 is 0 Å². The Balaban J connectivity index is 2.24. The lowest BCUT2D eigenvalue weighted by atomic mass is 10.3. The molecule has 1 rings (SSSR count). The molecule has 1 aliphatic carbocycles. The summed E-state index contributed by atoms with van der Waals surface area (Å²) in [5.41, 5.74) is 0. The Morgan fingerprint density at radius 3 is 2.64 bits per heavy atom. The van der Waals surface area contributed by atoms with Crippen molar-refractivity contribution in [3.05, 3.63) is 0 Å². The van der Waals surface area contributed by atoms with Crippen molar-refractivity contribution in [1.82, 2.24) is 4.90 Å². The summed E-state index contributed by atoms with van der Waals surface area (Å²) in [6.07, 6.45) is 3.93. The van der Waals surface area contributed by atoms with Gasteiger partial charge in [0.05, 0.1) is 0 Å². The highest BCUT2D eigenvalue weighted by Gasteiger charge is 2.24. The average molecular weight is 189 g/mol. The van der Waals surface area contributed by atoms with E-state index in [-0.39, 0.29) is 0 Å². The predicted molar refractivity (Wildman–Crippen MR) is 56.2 cm³/mol. The molecule has 0 aliphatic heterocycles. The summed E-state index contributed by atoms with van der Waals surface area (Å²) < 4.78 is 0.763. The summed E-state index contributed by atoms with van der Waals surface area (Å²) in [4.78, 5) is 2.20. The lowest BCUT2D eigenvalue weighted by Gasteiger charge is -2.21. The van der Waals surface area contributed by atoms with Gasteiger partial charge in [0.25, 0.3) is 0 Å². The van der Waals surface area contributed by atoms with Gasteiger partial charge in [-0.2, -0.15) is 0 Å². The molecule has 0 atom stereocenters. The fourth-order valence-corrected chi connectivity index (χ4v) is 1.49. The van der Waals surface area contributed by atoms with Gasteiger partial charge in [-0.1, -0.05) is 19.1 Å². The van der Waals surface area contributed by atoms with Gasteiger partial charge in [-0.15, -0.1) is 12.6 Å². The van der Waals surface area contributed by atoms with Gasteiger partial charge in [0.15, 0.2) is 0 Å². The molecule has 0 aromatic carbocycles. The molecular weight excluding hydrogens is 174 g/mol. The van der Waals surface area contributed by atoms with Gasteiger partial charge in [-0.3, -0.25) is 0 Å². The summed E-state index contributed by atoms with van der Waals surface area (Å²) in [6.45, 7) is 4.38. The number of hydrogen-bond donors (Lipinski definition) is 1. The second-order valence-electron chi connectivity index (χ2n) is 3.17. The smallest absolute Gasteiger partial charge is 0.133 e. The van der Waals surface area contributed by atoms with Crippen LogP contribution in [0.25, 0.3) is 0 Å². The Morgan fingerprint density at radius 1 is 1.64 bits per heavy atom. The number of nitrogens with zero attached hydrogens (tertiary/aromatic N) is 1. The number of rotatable bonds is 4. The Kier molecular flexibility index (Phi) is 3.66. The maximum absolute atomic E-state index is 5.02. The normalized spacial score (nSPS) is 16.5. The molecule has 0 amide bonds. The van der Waals surface area contributed by atoms with Crippen molar-refractivity contribution in [1.29, 1.82) is 0 Å². The van der Waals surface area contributed by atoms with Crippen LogP contribution in [0, 0.1) is 5.92 Å². The molecule has 64 valence electrons. The highest BCUT2D eigenvalue weighted by molar-refractivity contribution is 8.10. The molecule has 0 heterocycles. The number of hydrogen-bond acceptors (Lipinski definition) is 1. The Bertz CT molecular complexity index is 143. The zero-order chi connectivity index (χ0) is 8.27. The molecule has 3 heteroatoms. The van der Waals surface area contributed by atoms with Gasteiger partial charge in [0.2, 0.25) is 0 Å². The highest BCUT2D eigenvalue weighted by Crippen LogP contribution is 2.30. The fourth-order valence-electron chi connectivity index (χ4n) is 1.15. The lowest BCUT2D eigenvalue weighted by Crippen LogP contribution is -2.28. The minimum absolute atomic E-state index is 0.763. The molecule has 1 nitrogen and oxygen atoms in total. The van der Waals surface area contributed by atoms with E-state index < -0.39 is 0 Å². The second kappa shape index (κ2) is 4.31. The van der Waals surface area contributed by atoms with Crippen LogP contribution < -0.4 is 0 Å². The molecule has 1 fully saturated rings.